The number of nitrogens with one attached hydrogen (secondary N) is 1. The molecule has 0 saturated carbocycles. The van der Waals surface area contributed by atoms with Crippen LogP contribution >= 0.6 is 0 Å². The molecule has 0 bridgehead atoms. The molecule has 0 amide bonds. The molecule has 0 atom stereocenters. The van der Waals surface area contributed by atoms with Gasteiger partial charge >= 0.3 is 5.97 Å². The molecule has 20 heavy (non-hydrogen) atoms. The molecule has 3 N–H and O–H groups in total. The number of rotatable bonds is 4. The minimum absolute atomic E-state index is 0.198. The summed E-state index contributed by atoms with van der Waals surface area (Å²) in [5, 5.41) is 22.3. The zero-order chi connectivity index (χ0) is 14.5. The summed E-state index contributed by atoms with van der Waals surface area (Å²) in [5.41, 5.74) is 5.21. The fourth-order valence-electron chi connectivity index (χ4n) is 1.64. The molecule has 0 unspecified atom stereocenters. The minimum atomic E-state index is -0.979. The van der Waals surface area contributed by atoms with Crippen LogP contribution in [0.15, 0.2) is 53.6 Å². The largest absolute Gasteiger partial charge is 0.508 e. The molecule has 0 saturated heterocycles. The molecule has 0 spiro atoms. The monoisotopic (exact) mass is 270 g/mol. The van der Waals surface area contributed by atoms with Crippen LogP contribution in [-0.2, 0) is 0 Å². The maximum atomic E-state index is 10.9. The Balaban J connectivity index is 2.14. The van der Waals surface area contributed by atoms with E-state index in [2.05, 4.69) is 10.5 Å². The van der Waals surface area contributed by atoms with Crippen LogP contribution in [0.3, 0.4) is 0 Å². The van der Waals surface area contributed by atoms with E-state index in [4.69, 9.17) is 5.11 Å². The molecule has 2 aromatic carbocycles. The van der Waals surface area contributed by atoms with Crippen molar-refractivity contribution in [1.82, 2.24) is 0 Å². The third-order valence-corrected chi connectivity index (χ3v) is 2.75. The number of hydrogen-bond acceptors (Lipinski definition) is 4. The van der Waals surface area contributed by atoms with Crippen LogP contribution in [0.2, 0.25) is 0 Å². The van der Waals surface area contributed by atoms with Gasteiger partial charge in [-0.2, -0.15) is 5.10 Å². The van der Waals surface area contributed by atoms with Crippen LogP contribution < -0.4 is 5.43 Å². The fourth-order valence-corrected chi connectivity index (χ4v) is 1.64. The lowest BCUT2D eigenvalue weighted by atomic mass is 10.1. The molecule has 0 fully saturated rings. The van der Waals surface area contributed by atoms with Crippen molar-refractivity contribution in [3.05, 3.63) is 59.7 Å². The van der Waals surface area contributed by atoms with Crippen molar-refractivity contribution in [3.63, 3.8) is 0 Å². The Morgan fingerprint density at radius 2 is 1.80 bits per heavy atom. The van der Waals surface area contributed by atoms with E-state index in [9.17, 15) is 9.90 Å². The molecule has 0 aliphatic carbocycles. The summed E-state index contributed by atoms with van der Waals surface area (Å²) in [6.07, 6.45) is 0. The van der Waals surface area contributed by atoms with Crippen LogP contribution in [0.1, 0.15) is 22.8 Å². The third kappa shape index (κ3) is 3.35. The zero-order valence-corrected chi connectivity index (χ0v) is 10.9. The Labute approximate surface area is 116 Å². The number of aromatic carboxylic acids is 1. The Kier molecular flexibility index (Phi) is 4.00. The standard InChI is InChI=1S/C15H14N2O3/c1-10(11-5-7-14(18)8-6-11)16-17-13-4-2-3-12(9-13)15(19)20/h2-9,17-18H,1H3,(H,19,20). The molecule has 0 heterocycles. The second-order valence-corrected chi connectivity index (χ2v) is 4.24. The van der Waals surface area contributed by atoms with E-state index in [0.29, 0.717) is 5.69 Å². The molecule has 5 nitrogen and oxygen atoms in total. The number of hydrazone groups is 1. The van der Waals surface area contributed by atoms with Crippen molar-refractivity contribution in [2.75, 3.05) is 5.43 Å². The lowest BCUT2D eigenvalue weighted by Crippen LogP contribution is -2.01. The highest BCUT2D eigenvalue weighted by Crippen LogP contribution is 2.13. The molecule has 0 radical (unpaired) electrons. The molecule has 0 aliphatic rings. The fraction of sp³-hybridized carbons (Fsp3) is 0.0667. The van der Waals surface area contributed by atoms with Gasteiger partial charge in [0.1, 0.15) is 5.75 Å². The molecule has 5 heteroatoms. The Morgan fingerprint density at radius 1 is 1.10 bits per heavy atom. The Morgan fingerprint density at radius 3 is 2.45 bits per heavy atom. The Hall–Kier alpha value is -2.82. The first-order valence-corrected chi connectivity index (χ1v) is 5.99. The van der Waals surface area contributed by atoms with E-state index in [1.165, 1.54) is 12.1 Å². The first-order chi connectivity index (χ1) is 9.56. The number of aromatic hydroxyl groups is 1. The number of carboxylic acids is 1. The second kappa shape index (κ2) is 5.88. The van der Waals surface area contributed by atoms with E-state index in [1.54, 1.807) is 36.4 Å². The van der Waals surface area contributed by atoms with Gasteiger partial charge in [-0.3, -0.25) is 5.43 Å². The van der Waals surface area contributed by atoms with E-state index in [-0.39, 0.29) is 11.3 Å². The number of phenolic OH excluding ortho intramolecular Hbond substituents is 1. The van der Waals surface area contributed by atoms with Crippen LogP contribution in [0.4, 0.5) is 5.69 Å². The summed E-state index contributed by atoms with van der Waals surface area (Å²) in [5.74, 6) is -0.781. The van der Waals surface area contributed by atoms with Crippen molar-refractivity contribution >= 4 is 17.4 Å². The topological polar surface area (TPSA) is 81.9 Å². The number of anilines is 1. The highest BCUT2D eigenvalue weighted by atomic mass is 16.4. The van der Waals surface area contributed by atoms with Gasteiger partial charge in [-0.05, 0) is 55.0 Å². The lowest BCUT2D eigenvalue weighted by molar-refractivity contribution is 0.0697. The number of carbonyl (C=O) groups is 1. The maximum Gasteiger partial charge on any atom is 0.335 e. The second-order valence-electron chi connectivity index (χ2n) is 4.24. The number of phenols is 1. The van der Waals surface area contributed by atoms with Crippen molar-refractivity contribution in [3.8, 4) is 5.75 Å². The summed E-state index contributed by atoms with van der Waals surface area (Å²) in [6.45, 7) is 1.82. The summed E-state index contributed by atoms with van der Waals surface area (Å²) < 4.78 is 0. The van der Waals surface area contributed by atoms with Gasteiger partial charge in [0.05, 0.1) is 17.0 Å². The average molecular weight is 270 g/mol. The van der Waals surface area contributed by atoms with Crippen molar-refractivity contribution in [2.24, 2.45) is 5.10 Å². The van der Waals surface area contributed by atoms with Crippen LogP contribution in [-0.4, -0.2) is 21.9 Å². The highest BCUT2D eigenvalue weighted by molar-refractivity contribution is 5.99. The SMILES string of the molecule is CC(=NNc1cccc(C(=O)O)c1)c1ccc(O)cc1. The van der Waals surface area contributed by atoms with Crippen LogP contribution in [0.25, 0.3) is 0 Å². The molecule has 0 aliphatic heterocycles. The number of nitrogens with zero attached hydrogens (tertiary/aromatic N) is 1. The first kappa shape index (κ1) is 13.6. The number of carboxylic acid groups (broad SMARTS) is 1. The molecule has 0 aromatic heterocycles. The van der Waals surface area contributed by atoms with Crippen LogP contribution in [0.5, 0.6) is 5.75 Å². The molecular formula is C15H14N2O3. The Bertz CT molecular complexity index is 648. The molecule has 102 valence electrons. The van der Waals surface area contributed by atoms with Crippen LogP contribution in [0, 0.1) is 0 Å². The summed E-state index contributed by atoms with van der Waals surface area (Å²) in [6, 6.07) is 13.1. The van der Waals surface area contributed by atoms with E-state index >= 15 is 0 Å². The van der Waals surface area contributed by atoms with E-state index < -0.39 is 5.97 Å². The highest BCUT2D eigenvalue weighted by Gasteiger charge is 2.03. The minimum Gasteiger partial charge on any atom is -0.508 e. The predicted octanol–water partition coefficient (Wildman–Crippen LogP) is 2.93. The number of hydrogen-bond donors (Lipinski definition) is 3. The maximum absolute atomic E-state index is 10.9. The van der Waals surface area contributed by atoms with Gasteiger partial charge in [-0.25, -0.2) is 4.79 Å². The number of benzene rings is 2. The molecule has 2 aromatic rings. The van der Waals surface area contributed by atoms with E-state index in [0.717, 1.165) is 11.3 Å². The molecular weight excluding hydrogens is 256 g/mol. The van der Waals surface area contributed by atoms with Gasteiger partial charge < -0.3 is 10.2 Å². The smallest absolute Gasteiger partial charge is 0.335 e. The lowest BCUT2D eigenvalue weighted by Gasteiger charge is -2.04. The summed E-state index contributed by atoms with van der Waals surface area (Å²) in [4.78, 5) is 10.9. The van der Waals surface area contributed by atoms with E-state index in [1.807, 2.05) is 6.92 Å². The van der Waals surface area contributed by atoms with Gasteiger partial charge in [0, 0.05) is 0 Å². The average Bonchev–Trinajstić information content (AvgIpc) is 2.46. The van der Waals surface area contributed by atoms with Crippen molar-refractivity contribution < 1.29 is 15.0 Å². The van der Waals surface area contributed by atoms with Gasteiger partial charge in [-0.15, -0.1) is 0 Å². The quantitative estimate of drug-likeness (QED) is 0.589. The van der Waals surface area contributed by atoms with Gasteiger partial charge in [0.25, 0.3) is 0 Å². The first-order valence-electron chi connectivity index (χ1n) is 5.99. The van der Waals surface area contributed by atoms with Gasteiger partial charge in [0.2, 0.25) is 0 Å². The van der Waals surface area contributed by atoms with Gasteiger partial charge in [-0.1, -0.05) is 6.07 Å². The zero-order valence-electron chi connectivity index (χ0n) is 10.9. The predicted molar refractivity (Wildman–Crippen MR) is 77.3 cm³/mol. The third-order valence-electron chi connectivity index (χ3n) is 2.75. The van der Waals surface area contributed by atoms with Crippen molar-refractivity contribution in [2.45, 2.75) is 6.92 Å². The summed E-state index contributed by atoms with van der Waals surface area (Å²) >= 11 is 0. The summed E-state index contributed by atoms with van der Waals surface area (Å²) in [7, 11) is 0. The normalized spacial score (nSPS) is 11.2. The van der Waals surface area contributed by atoms with Gasteiger partial charge in [0.15, 0.2) is 0 Å². The molecule has 2 rings (SSSR count). The van der Waals surface area contributed by atoms with Crippen molar-refractivity contribution in [1.29, 1.82) is 0 Å².